The molecular formula is C13H12F3N3S. The van der Waals surface area contributed by atoms with E-state index in [1.807, 2.05) is 0 Å². The summed E-state index contributed by atoms with van der Waals surface area (Å²) in [6.45, 7) is 0.309. The first-order chi connectivity index (χ1) is 9.52. The maximum atomic E-state index is 12.6. The highest BCUT2D eigenvalue weighted by molar-refractivity contribution is 7.09. The number of nitrogens with zero attached hydrogens (tertiary/aromatic N) is 2. The summed E-state index contributed by atoms with van der Waals surface area (Å²) in [5, 5.41) is 3.68. The monoisotopic (exact) mass is 299 g/mol. The normalized spacial score (nSPS) is 15.3. The minimum atomic E-state index is -4.31. The molecule has 0 radical (unpaired) electrons. The van der Waals surface area contributed by atoms with Gasteiger partial charge in [0.25, 0.3) is 0 Å². The van der Waals surface area contributed by atoms with Crippen LogP contribution in [-0.4, -0.2) is 9.36 Å². The molecule has 20 heavy (non-hydrogen) atoms. The van der Waals surface area contributed by atoms with E-state index in [9.17, 15) is 13.2 Å². The maximum Gasteiger partial charge on any atom is 0.416 e. The second-order valence-corrected chi connectivity index (χ2v) is 5.54. The molecule has 1 aromatic heterocycles. The molecule has 0 atom stereocenters. The quantitative estimate of drug-likeness (QED) is 0.925. The molecule has 1 N–H and O–H groups in total. The molecule has 1 fully saturated rings. The maximum absolute atomic E-state index is 12.6. The van der Waals surface area contributed by atoms with Gasteiger partial charge < -0.3 is 5.32 Å². The fraction of sp³-hybridized carbons (Fsp3) is 0.385. The predicted molar refractivity (Wildman–Crippen MR) is 70.7 cm³/mol. The summed E-state index contributed by atoms with van der Waals surface area (Å²) in [5.74, 6) is 1.33. The summed E-state index contributed by atoms with van der Waals surface area (Å²) >= 11 is 1.25. The van der Waals surface area contributed by atoms with Gasteiger partial charge >= 0.3 is 6.18 Å². The summed E-state index contributed by atoms with van der Waals surface area (Å²) in [6, 6.07) is 5.29. The molecule has 1 aliphatic carbocycles. The van der Waals surface area contributed by atoms with Crippen LogP contribution in [0.5, 0.6) is 0 Å². The van der Waals surface area contributed by atoms with Crippen molar-refractivity contribution in [3.05, 3.63) is 41.2 Å². The lowest BCUT2D eigenvalue weighted by molar-refractivity contribution is -0.137. The van der Waals surface area contributed by atoms with Crippen molar-refractivity contribution in [1.29, 1.82) is 0 Å². The summed E-state index contributed by atoms with van der Waals surface area (Å²) < 4.78 is 42.0. The number of halogens is 3. The lowest BCUT2D eigenvalue weighted by Crippen LogP contribution is -2.06. The van der Waals surface area contributed by atoms with Crippen LogP contribution in [0.4, 0.5) is 18.3 Å². The van der Waals surface area contributed by atoms with Gasteiger partial charge in [-0.05, 0) is 30.5 Å². The minimum Gasteiger partial charge on any atom is -0.356 e. The Morgan fingerprint density at radius 2 is 2.10 bits per heavy atom. The number of benzene rings is 1. The van der Waals surface area contributed by atoms with E-state index in [4.69, 9.17) is 0 Å². The van der Waals surface area contributed by atoms with Gasteiger partial charge in [-0.15, -0.1) is 0 Å². The number of hydrogen-bond donors (Lipinski definition) is 1. The minimum absolute atomic E-state index is 0.309. The van der Waals surface area contributed by atoms with Crippen LogP contribution in [0, 0.1) is 0 Å². The Bertz CT molecular complexity index is 605. The van der Waals surface area contributed by atoms with E-state index >= 15 is 0 Å². The van der Waals surface area contributed by atoms with Gasteiger partial charge in [0, 0.05) is 24.0 Å². The number of hydrogen-bond acceptors (Lipinski definition) is 4. The molecule has 3 rings (SSSR count). The van der Waals surface area contributed by atoms with Crippen LogP contribution in [0.1, 0.15) is 35.7 Å². The highest BCUT2D eigenvalue weighted by atomic mass is 32.1. The van der Waals surface area contributed by atoms with Crippen LogP contribution in [-0.2, 0) is 12.7 Å². The fourth-order valence-electron chi connectivity index (χ4n) is 1.85. The van der Waals surface area contributed by atoms with E-state index in [1.54, 1.807) is 6.07 Å². The van der Waals surface area contributed by atoms with Gasteiger partial charge in [-0.3, -0.25) is 0 Å². The molecule has 0 bridgehead atoms. The third-order valence-corrected chi connectivity index (χ3v) is 3.77. The molecule has 0 unspecified atom stereocenters. The average molecular weight is 299 g/mol. The summed E-state index contributed by atoms with van der Waals surface area (Å²) in [7, 11) is 0. The average Bonchev–Trinajstić information content (AvgIpc) is 3.15. The van der Waals surface area contributed by atoms with Gasteiger partial charge in [-0.25, -0.2) is 4.98 Å². The third-order valence-electron chi connectivity index (χ3n) is 3.08. The van der Waals surface area contributed by atoms with E-state index in [-0.39, 0.29) is 0 Å². The highest BCUT2D eigenvalue weighted by Crippen LogP contribution is 2.39. The molecule has 2 aromatic rings. The van der Waals surface area contributed by atoms with E-state index < -0.39 is 11.7 Å². The van der Waals surface area contributed by atoms with Gasteiger partial charge in [0.15, 0.2) is 0 Å². The van der Waals surface area contributed by atoms with Crippen molar-refractivity contribution in [3.8, 4) is 0 Å². The van der Waals surface area contributed by atoms with Crippen molar-refractivity contribution in [3.63, 3.8) is 0 Å². The molecule has 0 aliphatic heterocycles. The first-order valence-corrected chi connectivity index (χ1v) is 7.03. The molecule has 0 saturated heterocycles. The third kappa shape index (κ3) is 3.09. The number of nitrogens with one attached hydrogen (secondary N) is 1. The molecule has 1 heterocycles. The zero-order valence-electron chi connectivity index (χ0n) is 10.4. The first kappa shape index (κ1) is 13.4. The number of alkyl halides is 3. The fourth-order valence-corrected chi connectivity index (χ4v) is 2.49. The van der Waals surface area contributed by atoms with Crippen molar-refractivity contribution >= 4 is 16.7 Å². The van der Waals surface area contributed by atoms with Crippen molar-refractivity contribution in [2.45, 2.75) is 31.5 Å². The lowest BCUT2D eigenvalue weighted by Gasteiger charge is -2.08. The van der Waals surface area contributed by atoms with E-state index in [0.717, 1.165) is 30.8 Å². The predicted octanol–water partition coefficient (Wildman–Crippen LogP) is 4.05. The van der Waals surface area contributed by atoms with Crippen LogP contribution in [0.25, 0.3) is 0 Å². The van der Waals surface area contributed by atoms with Crippen molar-refractivity contribution in [2.75, 3.05) is 5.32 Å². The molecule has 1 aliphatic rings. The Hall–Kier alpha value is -1.63. The smallest absolute Gasteiger partial charge is 0.356 e. The van der Waals surface area contributed by atoms with Crippen LogP contribution in [0.15, 0.2) is 24.3 Å². The summed E-state index contributed by atoms with van der Waals surface area (Å²) in [5.41, 5.74) is -0.0595. The Balaban J connectivity index is 1.65. The van der Waals surface area contributed by atoms with Gasteiger partial charge in [-0.1, -0.05) is 12.1 Å². The Kier molecular flexibility index (Phi) is 3.37. The molecule has 7 heteroatoms. The van der Waals surface area contributed by atoms with E-state index in [2.05, 4.69) is 14.7 Å². The molecule has 3 nitrogen and oxygen atoms in total. The van der Waals surface area contributed by atoms with Crippen molar-refractivity contribution < 1.29 is 13.2 Å². The van der Waals surface area contributed by atoms with Crippen LogP contribution >= 0.6 is 11.5 Å². The SMILES string of the molecule is FC(F)(F)c1cccc(CNc2nc(C3CC3)ns2)c1. The molecule has 1 saturated carbocycles. The Labute approximate surface area is 118 Å². The molecule has 0 amide bonds. The van der Waals surface area contributed by atoms with E-state index in [0.29, 0.717) is 23.2 Å². The zero-order valence-corrected chi connectivity index (χ0v) is 11.3. The number of rotatable bonds is 4. The van der Waals surface area contributed by atoms with Crippen molar-refractivity contribution in [2.24, 2.45) is 0 Å². The van der Waals surface area contributed by atoms with E-state index in [1.165, 1.54) is 17.6 Å². The van der Waals surface area contributed by atoms with Gasteiger partial charge in [-0.2, -0.15) is 17.5 Å². The van der Waals surface area contributed by atoms with Crippen LogP contribution in [0.3, 0.4) is 0 Å². The number of anilines is 1. The Morgan fingerprint density at radius 3 is 2.80 bits per heavy atom. The molecule has 0 spiro atoms. The molecule has 1 aromatic carbocycles. The largest absolute Gasteiger partial charge is 0.416 e. The molecular weight excluding hydrogens is 287 g/mol. The summed E-state index contributed by atoms with van der Waals surface area (Å²) in [6.07, 6.45) is -2.05. The highest BCUT2D eigenvalue weighted by Gasteiger charge is 2.30. The molecule has 106 valence electrons. The topological polar surface area (TPSA) is 37.8 Å². The van der Waals surface area contributed by atoms with Gasteiger partial charge in [0.05, 0.1) is 5.56 Å². The number of aromatic nitrogens is 2. The zero-order chi connectivity index (χ0) is 14.2. The standard InChI is InChI=1S/C13H12F3N3S/c14-13(15,16)10-3-1-2-8(6-10)7-17-12-18-11(19-20-12)9-4-5-9/h1-3,6,9H,4-5,7H2,(H,17,18,19). The van der Waals surface area contributed by atoms with Crippen molar-refractivity contribution in [1.82, 2.24) is 9.36 Å². The van der Waals surface area contributed by atoms with Gasteiger partial charge in [0.1, 0.15) is 5.82 Å². The second-order valence-electron chi connectivity index (χ2n) is 4.78. The first-order valence-electron chi connectivity index (χ1n) is 6.26. The Morgan fingerprint density at radius 1 is 1.30 bits per heavy atom. The lowest BCUT2D eigenvalue weighted by atomic mass is 10.1. The second kappa shape index (κ2) is 5.05. The van der Waals surface area contributed by atoms with Crippen LogP contribution < -0.4 is 5.32 Å². The van der Waals surface area contributed by atoms with Gasteiger partial charge in [0.2, 0.25) is 5.13 Å². The summed E-state index contributed by atoms with van der Waals surface area (Å²) in [4.78, 5) is 4.33. The van der Waals surface area contributed by atoms with Crippen LogP contribution in [0.2, 0.25) is 0 Å².